The highest BCUT2D eigenvalue weighted by atomic mass is 16.5. The fourth-order valence-corrected chi connectivity index (χ4v) is 1.75. The number of carbonyl (C=O) groups excluding carboxylic acids is 1. The Kier molecular flexibility index (Phi) is 5.37. The first kappa shape index (κ1) is 15.8. The molecule has 0 bridgehead atoms. The van der Waals surface area contributed by atoms with Gasteiger partial charge in [0.2, 0.25) is 5.91 Å². The fourth-order valence-electron chi connectivity index (χ4n) is 1.75. The van der Waals surface area contributed by atoms with Gasteiger partial charge in [0.15, 0.2) is 11.5 Å². The Bertz CT molecular complexity index is 511. The zero-order valence-corrected chi connectivity index (χ0v) is 12.0. The molecular weight excluding hydrogens is 262 g/mol. The standard InChI is InChI=1S/C14H19NO5/c1-8(2)5-12(16)15-10-6-9(14(17)18)7-11(19-3)13(10)20-4/h6-8H,5H2,1-4H3,(H,15,16)(H,17,18). The second-order valence-corrected chi connectivity index (χ2v) is 4.71. The summed E-state index contributed by atoms with van der Waals surface area (Å²) < 4.78 is 10.3. The number of carboxylic acids is 1. The van der Waals surface area contributed by atoms with Crippen molar-refractivity contribution in [3.05, 3.63) is 17.7 Å². The molecule has 0 saturated carbocycles. The summed E-state index contributed by atoms with van der Waals surface area (Å²) in [6, 6.07) is 2.70. The molecule has 6 nitrogen and oxygen atoms in total. The summed E-state index contributed by atoms with van der Waals surface area (Å²) in [5.74, 6) is -0.555. The maximum Gasteiger partial charge on any atom is 0.335 e. The molecule has 1 aromatic carbocycles. The summed E-state index contributed by atoms with van der Waals surface area (Å²) in [5.41, 5.74) is 0.303. The lowest BCUT2D eigenvalue weighted by Gasteiger charge is -2.15. The number of hydrogen-bond acceptors (Lipinski definition) is 4. The number of carbonyl (C=O) groups is 2. The number of rotatable bonds is 6. The molecule has 0 aliphatic heterocycles. The first-order valence-corrected chi connectivity index (χ1v) is 6.18. The van der Waals surface area contributed by atoms with Crippen LogP contribution in [0.25, 0.3) is 0 Å². The molecule has 6 heteroatoms. The van der Waals surface area contributed by atoms with Crippen molar-refractivity contribution in [3.8, 4) is 11.5 Å². The highest BCUT2D eigenvalue weighted by molar-refractivity contribution is 5.96. The van der Waals surface area contributed by atoms with Gasteiger partial charge in [-0.05, 0) is 18.1 Å². The second-order valence-electron chi connectivity index (χ2n) is 4.71. The largest absolute Gasteiger partial charge is 0.493 e. The molecule has 0 aromatic heterocycles. The minimum Gasteiger partial charge on any atom is -0.493 e. The van der Waals surface area contributed by atoms with Crippen molar-refractivity contribution in [1.29, 1.82) is 0 Å². The van der Waals surface area contributed by atoms with Gasteiger partial charge in [0.1, 0.15) is 0 Å². The van der Waals surface area contributed by atoms with Crippen molar-refractivity contribution in [2.45, 2.75) is 20.3 Å². The van der Waals surface area contributed by atoms with Crippen molar-refractivity contribution in [1.82, 2.24) is 0 Å². The third kappa shape index (κ3) is 3.88. The number of amides is 1. The van der Waals surface area contributed by atoms with Crippen LogP contribution in [0.2, 0.25) is 0 Å². The van der Waals surface area contributed by atoms with Crippen LogP contribution in [0.15, 0.2) is 12.1 Å². The summed E-state index contributed by atoms with van der Waals surface area (Å²) in [6.07, 6.45) is 0.336. The molecule has 110 valence electrons. The van der Waals surface area contributed by atoms with E-state index in [1.165, 1.54) is 26.4 Å². The van der Waals surface area contributed by atoms with E-state index in [4.69, 9.17) is 14.6 Å². The molecule has 0 fully saturated rings. The number of hydrogen-bond donors (Lipinski definition) is 2. The van der Waals surface area contributed by atoms with Crippen molar-refractivity contribution in [2.24, 2.45) is 5.92 Å². The number of anilines is 1. The van der Waals surface area contributed by atoms with Gasteiger partial charge in [0, 0.05) is 6.42 Å². The maximum atomic E-state index is 11.8. The third-order valence-corrected chi connectivity index (χ3v) is 2.59. The SMILES string of the molecule is COc1cc(C(=O)O)cc(NC(=O)CC(C)C)c1OC. The molecule has 0 unspecified atom stereocenters. The Morgan fingerprint density at radius 1 is 1.25 bits per heavy atom. The number of carboxylic acid groups (broad SMARTS) is 1. The van der Waals surface area contributed by atoms with E-state index in [9.17, 15) is 9.59 Å². The molecule has 0 heterocycles. The van der Waals surface area contributed by atoms with E-state index in [1.54, 1.807) is 0 Å². The van der Waals surface area contributed by atoms with Gasteiger partial charge in [-0.3, -0.25) is 4.79 Å². The summed E-state index contributed by atoms with van der Waals surface area (Å²) >= 11 is 0. The molecule has 0 saturated heterocycles. The molecular formula is C14H19NO5. The van der Waals surface area contributed by atoms with Gasteiger partial charge >= 0.3 is 5.97 Å². The molecule has 2 N–H and O–H groups in total. The monoisotopic (exact) mass is 281 g/mol. The van der Waals surface area contributed by atoms with E-state index in [0.29, 0.717) is 12.2 Å². The van der Waals surface area contributed by atoms with Crippen LogP contribution in [-0.4, -0.2) is 31.2 Å². The zero-order chi connectivity index (χ0) is 15.3. The average Bonchev–Trinajstić information content (AvgIpc) is 2.36. The molecule has 0 atom stereocenters. The van der Waals surface area contributed by atoms with Gasteiger partial charge in [-0.25, -0.2) is 4.79 Å². The minimum absolute atomic E-state index is 0.0162. The fraction of sp³-hybridized carbons (Fsp3) is 0.429. The van der Waals surface area contributed by atoms with E-state index in [0.717, 1.165) is 0 Å². The van der Waals surface area contributed by atoms with Crippen LogP contribution in [0.5, 0.6) is 11.5 Å². The lowest BCUT2D eigenvalue weighted by atomic mass is 10.1. The Morgan fingerprint density at radius 2 is 1.90 bits per heavy atom. The molecule has 1 rings (SSSR count). The van der Waals surface area contributed by atoms with Crippen molar-refractivity contribution in [2.75, 3.05) is 19.5 Å². The number of nitrogens with one attached hydrogen (secondary N) is 1. The van der Waals surface area contributed by atoms with E-state index in [1.807, 2.05) is 13.8 Å². The maximum absolute atomic E-state index is 11.8. The topological polar surface area (TPSA) is 84.9 Å². The molecule has 20 heavy (non-hydrogen) atoms. The van der Waals surface area contributed by atoms with Gasteiger partial charge < -0.3 is 19.9 Å². The Labute approximate surface area is 117 Å². The van der Waals surface area contributed by atoms with Gasteiger partial charge in [-0.15, -0.1) is 0 Å². The average molecular weight is 281 g/mol. The molecule has 0 radical (unpaired) electrons. The summed E-state index contributed by atoms with van der Waals surface area (Å²) in [4.78, 5) is 22.9. The van der Waals surface area contributed by atoms with E-state index >= 15 is 0 Å². The highest BCUT2D eigenvalue weighted by Gasteiger charge is 2.17. The van der Waals surface area contributed by atoms with E-state index < -0.39 is 5.97 Å². The smallest absolute Gasteiger partial charge is 0.335 e. The number of methoxy groups -OCH3 is 2. The molecule has 1 aromatic rings. The van der Waals surface area contributed by atoms with Gasteiger partial charge in [0.25, 0.3) is 0 Å². The van der Waals surface area contributed by atoms with E-state index in [2.05, 4.69) is 5.32 Å². The molecule has 0 aliphatic carbocycles. The lowest BCUT2D eigenvalue weighted by Crippen LogP contribution is -2.15. The van der Waals surface area contributed by atoms with Crippen molar-refractivity contribution >= 4 is 17.6 Å². The molecule has 0 aliphatic rings. The summed E-state index contributed by atoms with van der Waals surface area (Å²) in [6.45, 7) is 3.84. The normalized spacial score (nSPS) is 10.2. The summed E-state index contributed by atoms with van der Waals surface area (Å²) in [5, 5.41) is 11.7. The number of ether oxygens (including phenoxy) is 2. The quantitative estimate of drug-likeness (QED) is 0.836. The zero-order valence-electron chi connectivity index (χ0n) is 12.0. The Balaban J connectivity index is 3.17. The summed E-state index contributed by atoms with van der Waals surface area (Å²) in [7, 11) is 2.83. The van der Waals surface area contributed by atoms with Crippen LogP contribution in [0.1, 0.15) is 30.6 Å². The van der Waals surface area contributed by atoms with Crippen molar-refractivity contribution < 1.29 is 24.2 Å². The van der Waals surface area contributed by atoms with Crippen LogP contribution in [0.3, 0.4) is 0 Å². The van der Waals surface area contributed by atoms with Crippen LogP contribution in [0, 0.1) is 5.92 Å². The molecule has 1 amide bonds. The third-order valence-electron chi connectivity index (χ3n) is 2.59. The number of aromatic carboxylic acids is 1. The van der Waals surface area contributed by atoms with Crippen molar-refractivity contribution in [3.63, 3.8) is 0 Å². The van der Waals surface area contributed by atoms with Crippen LogP contribution in [0.4, 0.5) is 5.69 Å². The first-order chi connectivity index (χ1) is 9.38. The first-order valence-electron chi connectivity index (χ1n) is 6.18. The highest BCUT2D eigenvalue weighted by Crippen LogP contribution is 2.36. The molecule has 0 spiro atoms. The van der Waals surface area contributed by atoms with Crippen LogP contribution < -0.4 is 14.8 Å². The van der Waals surface area contributed by atoms with Gasteiger partial charge in [-0.2, -0.15) is 0 Å². The number of benzene rings is 1. The predicted octanol–water partition coefficient (Wildman–Crippen LogP) is 2.39. The Morgan fingerprint density at radius 3 is 2.35 bits per heavy atom. The van der Waals surface area contributed by atoms with Gasteiger partial charge in [-0.1, -0.05) is 13.8 Å². The predicted molar refractivity (Wildman–Crippen MR) is 74.6 cm³/mol. The second kappa shape index (κ2) is 6.79. The Hall–Kier alpha value is -2.24. The van der Waals surface area contributed by atoms with Gasteiger partial charge in [0.05, 0.1) is 25.5 Å². The van der Waals surface area contributed by atoms with Crippen LogP contribution in [-0.2, 0) is 4.79 Å². The lowest BCUT2D eigenvalue weighted by molar-refractivity contribution is -0.116. The van der Waals surface area contributed by atoms with Crippen LogP contribution >= 0.6 is 0 Å². The minimum atomic E-state index is -1.11. The van der Waals surface area contributed by atoms with E-state index in [-0.39, 0.29) is 28.8 Å².